The molecule has 2 aliphatic carbocycles. The zero-order valence-electron chi connectivity index (χ0n) is 21.0. The summed E-state index contributed by atoms with van der Waals surface area (Å²) in [6.07, 6.45) is 3.17. The molecule has 0 radical (unpaired) electrons. The first kappa shape index (κ1) is 25.0. The molecule has 7 atom stereocenters. The quantitative estimate of drug-likeness (QED) is 0.688. The summed E-state index contributed by atoms with van der Waals surface area (Å²) in [6, 6.07) is 7.12. The van der Waals surface area contributed by atoms with Crippen molar-refractivity contribution in [3.05, 3.63) is 29.8 Å². The Labute approximate surface area is 203 Å². The van der Waals surface area contributed by atoms with E-state index in [-0.39, 0.29) is 46.9 Å². The normalized spacial score (nSPS) is 34.6. The first-order valence-electron chi connectivity index (χ1n) is 12.7. The van der Waals surface area contributed by atoms with Crippen LogP contribution in [0.4, 0.5) is 0 Å². The van der Waals surface area contributed by atoms with Gasteiger partial charge in [-0.3, -0.25) is 9.59 Å². The summed E-state index contributed by atoms with van der Waals surface area (Å²) < 4.78 is 10.6. The summed E-state index contributed by atoms with van der Waals surface area (Å²) in [7, 11) is 1.61. The number of amides is 2. The van der Waals surface area contributed by atoms with E-state index in [0.29, 0.717) is 31.9 Å². The van der Waals surface area contributed by atoms with Crippen LogP contribution in [-0.2, 0) is 9.53 Å². The zero-order chi connectivity index (χ0) is 24.5. The molecule has 0 aromatic heterocycles. The molecule has 0 spiro atoms. The van der Waals surface area contributed by atoms with Crippen LogP contribution in [0.1, 0.15) is 56.8 Å². The fourth-order valence-electron chi connectivity index (χ4n) is 6.75. The van der Waals surface area contributed by atoms with Gasteiger partial charge < -0.3 is 24.8 Å². The first-order chi connectivity index (χ1) is 16.2. The molecule has 3 fully saturated rings. The van der Waals surface area contributed by atoms with Gasteiger partial charge in [-0.05, 0) is 73.1 Å². The maximum absolute atomic E-state index is 13.2. The SMILES string of the molecule is COc1ccc(C(=O)NC2CCC3(C)CCC(C(C)C(=O)N4CCOCC4)C(O)C3C2C)cc1. The third kappa shape index (κ3) is 4.82. The summed E-state index contributed by atoms with van der Waals surface area (Å²) in [5.74, 6) is 0.622. The average molecular weight is 473 g/mol. The molecule has 7 heteroatoms. The molecule has 1 aliphatic heterocycles. The fourth-order valence-corrected chi connectivity index (χ4v) is 6.75. The summed E-state index contributed by atoms with van der Waals surface area (Å²) in [4.78, 5) is 28.0. The van der Waals surface area contributed by atoms with Gasteiger partial charge in [0.2, 0.25) is 5.91 Å². The van der Waals surface area contributed by atoms with E-state index in [1.807, 2.05) is 11.8 Å². The Bertz CT molecular complexity index is 868. The largest absolute Gasteiger partial charge is 0.497 e. The molecule has 1 saturated heterocycles. The number of carbonyl (C=O) groups excluding carboxylic acids is 2. The summed E-state index contributed by atoms with van der Waals surface area (Å²) in [5, 5.41) is 14.9. The highest BCUT2D eigenvalue weighted by Gasteiger charge is 2.54. The highest BCUT2D eigenvalue weighted by atomic mass is 16.5. The number of nitrogens with one attached hydrogen (secondary N) is 1. The van der Waals surface area contributed by atoms with Crippen LogP contribution in [0.2, 0.25) is 0 Å². The van der Waals surface area contributed by atoms with Crippen molar-refractivity contribution in [1.29, 1.82) is 0 Å². The molecule has 4 rings (SSSR count). The van der Waals surface area contributed by atoms with Crippen LogP contribution in [0.25, 0.3) is 0 Å². The second-order valence-corrected chi connectivity index (χ2v) is 10.8. The lowest BCUT2D eigenvalue weighted by molar-refractivity contribution is -0.153. The molecule has 2 amide bonds. The molecule has 3 aliphatic rings. The van der Waals surface area contributed by atoms with Crippen molar-refractivity contribution in [2.75, 3.05) is 33.4 Å². The maximum atomic E-state index is 13.2. The molecule has 2 saturated carbocycles. The van der Waals surface area contributed by atoms with Gasteiger partial charge in [-0.25, -0.2) is 0 Å². The van der Waals surface area contributed by atoms with Crippen LogP contribution in [-0.4, -0.2) is 67.4 Å². The van der Waals surface area contributed by atoms with E-state index in [2.05, 4.69) is 19.2 Å². The van der Waals surface area contributed by atoms with Crippen molar-refractivity contribution in [3.63, 3.8) is 0 Å². The summed E-state index contributed by atoms with van der Waals surface area (Å²) >= 11 is 0. The second-order valence-electron chi connectivity index (χ2n) is 10.8. The van der Waals surface area contributed by atoms with Gasteiger partial charge in [0.05, 0.1) is 26.4 Å². The number of carbonyl (C=O) groups is 2. The molecule has 188 valence electrons. The van der Waals surface area contributed by atoms with Crippen LogP contribution in [0.15, 0.2) is 24.3 Å². The Morgan fingerprint density at radius 1 is 1.18 bits per heavy atom. The number of ether oxygens (including phenoxy) is 2. The van der Waals surface area contributed by atoms with Crippen LogP contribution >= 0.6 is 0 Å². The number of methoxy groups -OCH3 is 1. The van der Waals surface area contributed by atoms with Gasteiger partial charge in [-0.15, -0.1) is 0 Å². The highest BCUT2D eigenvalue weighted by Crippen LogP contribution is 2.55. The van der Waals surface area contributed by atoms with Crippen LogP contribution in [0, 0.1) is 29.1 Å². The fraction of sp³-hybridized carbons (Fsp3) is 0.704. The minimum atomic E-state index is -0.561. The number of nitrogens with zero attached hydrogens (tertiary/aromatic N) is 1. The molecule has 1 heterocycles. The van der Waals surface area contributed by atoms with Crippen LogP contribution < -0.4 is 10.1 Å². The van der Waals surface area contributed by atoms with Gasteiger partial charge in [0.25, 0.3) is 5.91 Å². The van der Waals surface area contributed by atoms with E-state index in [1.54, 1.807) is 31.4 Å². The molecule has 34 heavy (non-hydrogen) atoms. The van der Waals surface area contributed by atoms with Gasteiger partial charge in [0.15, 0.2) is 0 Å². The third-order valence-electron chi connectivity index (χ3n) is 8.91. The lowest BCUT2D eigenvalue weighted by Crippen LogP contribution is -2.59. The second kappa shape index (κ2) is 10.2. The van der Waals surface area contributed by atoms with Crippen molar-refractivity contribution in [2.24, 2.45) is 29.1 Å². The summed E-state index contributed by atoms with van der Waals surface area (Å²) in [5.41, 5.74) is 0.631. The summed E-state index contributed by atoms with van der Waals surface area (Å²) in [6.45, 7) is 8.83. The number of hydrogen-bond acceptors (Lipinski definition) is 5. The van der Waals surface area contributed by atoms with Crippen LogP contribution in [0.5, 0.6) is 5.75 Å². The Kier molecular flexibility index (Phi) is 7.53. The van der Waals surface area contributed by atoms with Crippen molar-refractivity contribution in [1.82, 2.24) is 10.2 Å². The molecule has 2 N–H and O–H groups in total. The number of aliphatic hydroxyl groups excluding tert-OH is 1. The monoisotopic (exact) mass is 472 g/mol. The number of fused-ring (bicyclic) bond motifs is 1. The Balaban J connectivity index is 1.45. The topological polar surface area (TPSA) is 88.1 Å². The first-order valence-corrected chi connectivity index (χ1v) is 12.7. The van der Waals surface area contributed by atoms with Crippen molar-refractivity contribution < 1.29 is 24.2 Å². The van der Waals surface area contributed by atoms with E-state index in [4.69, 9.17) is 9.47 Å². The minimum absolute atomic E-state index is 0.00803. The number of hydrogen-bond donors (Lipinski definition) is 2. The van der Waals surface area contributed by atoms with Crippen molar-refractivity contribution >= 4 is 11.8 Å². The van der Waals surface area contributed by atoms with E-state index >= 15 is 0 Å². The van der Waals surface area contributed by atoms with Gasteiger partial charge in [0, 0.05) is 30.6 Å². The Morgan fingerprint density at radius 2 is 1.82 bits per heavy atom. The molecular weight excluding hydrogens is 432 g/mol. The van der Waals surface area contributed by atoms with Gasteiger partial charge in [-0.1, -0.05) is 20.8 Å². The molecule has 1 aromatic rings. The van der Waals surface area contributed by atoms with E-state index in [1.165, 1.54) is 0 Å². The van der Waals surface area contributed by atoms with Gasteiger partial charge in [-0.2, -0.15) is 0 Å². The Hall–Kier alpha value is -2.12. The van der Waals surface area contributed by atoms with E-state index in [0.717, 1.165) is 31.4 Å². The van der Waals surface area contributed by atoms with Crippen LogP contribution in [0.3, 0.4) is 0 Å². The predicted molar refractivity (Wildman–Crippen MR) is 130 cm³/mol. The molecule has 1 aromatic carbocycles. The third-order valence-corrected chi connectivity index (χ3v) is 8.91. The predicted octanol–water partition coefficient (Wildman–Crippen LogP) is 3.11. The zero-order valence-corrected chi connectivity index (χ0v) is 21.0. The standard InChI is InChI=1S/C27H40N2O5/c1-17(26(32)29-13-15-34-16-14-29)21-9-11-27(3)12-10-22(18(2)23(27)24(21)30)28-25(31)19-5-7-20(33-4)8-6-19/h5-8,17-18,21-24,30H,9-16H2,1-4H3,(H,28,31). The number of rotatable bonds is 5. The van der Waals surface area contributed by atoms with Gasteiger partial charge >= 0.3 is 0 Å². The van der Waals surface area contributed by atoms with E-state index < -0.39 is 6.10 Å². The number of benzene rings is 1. The lowest BCUT2D eigenvalue weighted by atomic mass is 9.51. The number of morpholine rings is 1. The molecule has 0 bridgehead atoms. The van der Waals surface area contributed by atoms with Crippen molar-refractivity contribution in [2.45, 2.75) is 58.6 Å². The smallest absolute Gasteiger partial charge is 0.251 e. The van der Waals surface area contributed by atoms with Gasteiger partial charge in [0.1, 0.15) is 5.75 Å². The minimum Gasteiger partial charge on any atom is -0.497 e. The maximum Gasteiger partial charge on any atom is 0.251 e. The van der Waals surface area contributed by atoms with E-state index in [9.17, 15) is 14.7 Å². The van der Waals surface area contributed by atoms with Crippen molar-refractivity contribution in [3.8, 4) is 5.75 Å². The highest BCUT2D eigenvalue weighted by molar-refractivity contribution is 5.94. The average Bonchev–Trinajstić information content (AvgIpc) is 2.85. The number of aliphatic hydroxyl groups is 1. The molecule has 7 unspecified atom stereocenters. The lowest BCUT2D eigenvalue weighted by Gasteiger charge is -2.56. The molecular formula is C27H40N2O5. The molecule has 7 nitrogen and oxygen atoms in total. The Morgan fingerprint density at radius 3 is 2.47 bits per heavy atom.